The predicted octanol–water partition coefficient (Wildman–Crippen LogP) is 9.21. The summed E-state index contributed by atoms with van der Waals surface area (Å²) >= 11 is 0. The lowest BCUT2D eigenvalue weighted by atomic mass is 9.79. The van der Waals surface area contributed by atoms with E-state index < -0.39 is 8.32 Å². The van der Waals surface area contributed by atoms with Gasteiger partial charge in [0.1, 0.15) is 6.10 Å². The number of carbonyl (C=O) groups is 1. The molecule has 210 valence electrons. The zero-order valence-electron chi connectivity index (χ0n) is 25.6. The normalized spacial score (nSPS) is 36.8. The maximum Gasteiger partial charge on any atom is 0.201 e. The smallest absolute Gasteiger partial charge is 0.201 e. The molecule has 1 unspecified atom stereocenters. The summed E-state index contributed by atoms with van der Waals surface area (Å²) < 4.78 is 13.5. The summed E-state index contributed by atoms with van der Waals surface area (Å²) in [7, 11) is -2.02. The monoisotopic (exact) mass is 528 g/mol. The van der Waals surface area contributed by atoms with Crippen molar-refractivity contribution in [2.75, 3.05) is 6.61 Å². The molecule has 4 heteroatoms. The molecule has 0 aromatic carbocycles. The highest BCUT2D eigenvalue weighted by Gasteiger charge is 2.54. The van der Waals surface area contributed by atoms with Crippen molar-refractivity contribution >= 4 is 14.1 Å². The molecule has 0 spiro atoms. The third-order valence-corrected chi connectivity index (χ3v) is 16.1. The van der Waals surface area contributed by atoms with Crippen LogP contribution in [0.5, 0.6) is 0 Å². The zero-order valence-corrected chi connectivity index (χ0v) is 26.6. The number of rotatable bonds is 5. The highest BCUT2D eigenvalue weighted by atomic mass is 28.4. The van der Waals surface area contributed by atoms with Crippen LogP contribution in [0.15, 0.2) is 34.9 Å². The molecule has 0 amide bonds. The Labute approximate surface area is 229 Å². The fourth-order valence-corrected chi connectivity index (χ4v) is 13.5. The van der Waals surface area contributed by atoms with Gasteiger partial charge in [-0.3, -0.25) is 4.79 Å². The largest absolute Gasteiger partial charge is 0.409 e. The minimum Gasteiger partial charge on any atom is -0.409 e. The number of allylic oxidation sites excluding steroid dienone is 5. The highest BCUT2D eigenvalue weighted by Crippen LogP contribution is 2.49. The Hall–Kier alpha value is -0.973. The minimum absolute atomic E-state index is 0.0778. The predicted molar refractivity (Wildman–Crippen MR) is 159 cm³/mol. The molecular weight excluding hydrogens is 472 g/mol. The van der Waals surface area contributed by atoms with E-state index in [0.717, 1.165) is 45.1 Å². The molecule has 3 rings (SSSR count). The standard InChI is InChI=1S/C33H56O3Si/c1-21(2)37(22(3)4,23(5)6)36-30-19-15-25(8)13-11-12-24(7)14-17-29-28(18-16-26(30)9)31-27(10)20-35-33(31)32(29)34/h13-14,16,21-23,27-31,33H,11-12,15,17-20H2,1-10H3/b24-14+,25-13+,26-16+/t27-,28+,29?,30+,31-,33-/m1/s1. The van der Waals surface area contributed by atoms with E-state index in [1.807, 2.05) is 0 Å². The third-order valence-electron chi connectivity index (χ3n) is 10.0. The lowest BCUT2D eigenvalue weighted by molar-refractivity contribution is -0.129. The highest BCUT2D eigenvalue weighted by molar-refractivity contribution is 6.77. The Morgan fingerprint density at radius 2 is 1.51 bits per heavy atom. The fraction of sp³-hybridized carbons (Fsp3) is 0.788. The van der Waals surface area contributed by atoms with Gasteiger partial charge in [0.05, 0.1) is 12.7 Å². The van der Waals surface area contributed by atoms with E-state index in [1.54, 1.807) is 0 Å². The SMILES string of the molecule is C/C1=C\CC2C(=O)[C@@H]3OC[C@@H](C)[C@@H]3[C@H]2C/C=C(\C)[C@@H](O[Si](C(C)C)(C(C)C)C(C)C)CC/C(C)=C/CC1. The molecule has 0 bridgehead atoms. The Bertz CT molecular complexity index is 858. The summed E-state index contributed by atoms with van der Waals surface area (Å²) in [6.07, 6.45) is 13.3. The van der Waals surface area contributed by atoms with Crippen LogP contribution in [0, 0.1) is 23.7 Å². The topological polar surface area (TPSA) is 35.5 Å². The number of ether oxygens (including phenoxy) is 1. The van der Waals surface area contributed by atoms with Crippen molar-refractivity contribution in [1.82, 2.24) is 0 Å². The second-order valence-electron chi connectivity index (χ2n) is 13.5. The molecule has 1 aliphatic heterocycles. The van der Waals surface area contributed by atoms with Crippen molar-refractivity contribution in [3.8, 4) is 0 Å². The van der Waals surface area contributed by atoms with Crippen LogP contribution in [0.4, 0.5) is 0 Å². The van der Waals surface area contributed by atoms with Crippen molar-refractivity contribution < 1.29 is 14.0 Å². The minimum atomic E-state index is -2.02. The van der Waals surface area contributed by atoms with E-state index in [1.165, 1.54) is 16.7 Å². The lowest BCUT2D eigenvalue weighted by Gasteiger charge is -2.45. The second kappa shape index (κ2) is 12.9. The summed E-state index contributed by atoms with van der Waals surface area (Å²) in [6.45, 7) is 24.1. The third kappa shape index (κ3) is 6.61. The van der Waals surface area contributed by atoms with Crippen LogP contribution in [0.2, 0.25) is 16.6 Å². The first kappa shape index (κ1) is 30.6. The summed E-state index contributed by atoms with van der Waals surface area (Å²) in [4.78, 5) is 13.5. The molecule has 0 N–H and O–H groups in total. The maximum atomic E-state index is 13.5. The van der Waals surface area contributed by atoms with Crippen LogP contribution in [-0.4, -0.2) is 32.9 Å². The van der Waals surface area contributed by atoms with E-state index >= 15 is 0 Å². The fourth-order valence-electron chi connectivity index (χ4n) is 7.92. The molecule has 1 saturated heterocycles. The number of carbonyl (C=O) groups excluding carboxylic acids is 1. The van der Waals surface area contributed by atoms with Gasteiger partial charge in [-0.1, -0.05) is 77.8 Å². The molecule has 2 aliphatic carbocycles. The molecule has 1 heterocycles. The Balaban J connectivity index is 1.98. The molecule has 2 fully saturated rings. The van der Waals surface area contributed by atoms with E-state index in [9.17, 15) is 4.79 Å². The van der Waals surface area contributed by atoms with Crippen LogP contribution in [0.25, 0.3) is 0 Å². The molecule has 0 aromatic heterocycles. The Morgan fingerprint density at radius 1 is 0.892 bits per heavy atom. The van der Waals surface area contributed by atoms with Gasteiger partial charge in [-0.15, -0.1) is 0 Å². The molecule has 0 radical (unpaired) electrons. The van der Waals surface area contributed by atoms with E-state index in [0.29, 0.717) is 40.2 Å². The maximum absolute atomic E-state index is 13.5. The van der Waals surface area contributed by atoms with Gasteiger partial charge in [-0.2, -0.15) is 0 Å². The zero-order chi connectivity index (χ0) is 27.5. The molecule has 1 saturated carbocycles. The van der Waals surface area contributed by atoms with Crippen molar-refractivity contribution in [2.24, 2.45) is 23.7 Å². The average Bonchev–Trinajstić information content (AvgIpc) is 3.32. The first-order chi connectivity index (χ1) is 17.4. The number of hydrogen-bond donors (Lipinski definition) is 0. The van der Waals surface area contributed by atoms with Gasteiger partial charge in [0.25, 0.3) is 0 Å². The van der Waals surface area contributed by atoms with Gasteiger partial charge < -0.3 is 9.16 Å². The molecule has 3 nitrogen and oxygen atoms in total. The number of Topliss-reactive ketones (excluding diaryl/α,β-unsaturated/α-hetero) is 1. The Kier molecular flexibility index (Phi) is 10.7. The van der Waals surface area contributed by atoms with Crippen molar-refractivity contribution in [3.05, 3.63) is 34.9 Å². The number of fused-ring (bicyclic) bond motifs is 3. The molecule has 3 aliphatic rings. The second-order valence-corrected chi connectivity index (χ2v) is 18.9. The summed E-state index contributed by atoms with van der Waals surface area (Å²) in [6, 6.07) is 0. The molecule has 0 aromatic rings. The van der Waals surface area contributed by atoms with Gasteiger partial charge in [0.15, 0.2) is 5.78 Å². The van der Waals surface area contributed by atoms with Crippen LogP contribution in [0.3, 0.4) is 0 Å². The van der Waals surface area contributed by atoms with E-state index in [-0.39, 0.29) is 18.1 Å². The van der Waals surface area contributed by atoms with Crippen LogP contribution >= 0.6 is 0 Å². The molecule has 6 atom stereocenters. The van der Waals surface area contributed by atoms with Crippen LogP contribution in [-0.2, 0) is 14.0 Å². The van der Waals surface area contributed by atoms with Gasteiger partial charge in [0, 0.05) is 11.8 Å². The average molecular weight is 529 g/mol. The van der Waals surface area contributed by atoms with Crippen molar-refractivity contribution in [3.63, 3.8) is 0 Å². The lowest BCUT2D eigenvalue weighted by Crippen LogP contribution is -2.50. The van der Waals surface area contributed by atoms with Gasteiger partial charge in [-0.05, 0) is 93.3 Å². The van der Waals surface area contributed by atoms with Gasteiger partial charge >= 0.3 is 0 Å². The van der Waals surface area contributed by atoms with Crippen molar-refractivity contribution in [1.29, 1.82) is 0 Å². The summed E-state index contributed by atoms with van der Waals surface area (Å²) in [5.41, 5.74) is 5.95. The quantitative estimate of drug-likeness (QED) is 0.263. The summed E-state index contributed by atoms with van der Waals surface area (Å²) in [5, 5.41) is 0. The molecular formula is C33H56O3Si. The van der Waals surface area contributed by atoms with Crippen LogP contribution < -0.4 is 0 Å². The van der Waals surface area contributed by atoms with Gasteiger partial charge in [-0.25, -0.2) is 0 Å². The first-order valence-electron chi connectivity index (χ1n) is 15.2. The summed E-state index contributed by atoms with van der Waals surface area (Å²) in [5.74, 6) is 1.60. The van der Waals surface area contributed by atoms with Gasteiger partial charge in [0.2, 0.25) is 8.32 Å². The number of hydrogen-bond acceptors (Lipinski definition) is 3. The van der Waals surface area contributed by atoms with E-state index in [4.69, 9.17) is 9.16 Å². The first-order valence-corrected chi connectivity index (χ1v) is 17.3. The molecule has 37 heavy (non-hydrogen) atoms. The van der Waals surface area contributed by atoms with Crippen molar-refractivity contribution in [2.45, 2.75) is 137 Å². The number of ketones is 1. The van der Waals surface area contributed by atoms with E-state index in [2.05, 4.69) is 87.5 Å². The van der Waals surface area contributed by atoms with Crippen LogP contribution in [0.1, 0.15) is 108 Å². The Morgan fingerprint density at radius 3 is 2.14 bits per heavy atom.